The smallest absolute Gasteiger partial charge is 0.326 e. The number of nitrogens with zero attached hydrogens (tertiary/aromatic N) is 1. The van der Waals surface area contributed by atoms with Crippen LogP contribution in [0.1, 0.15) is 48.8 Å². The molecule has 5 rings (SSSR count). The maximum atomic E-state index is 12.1. The third-order valence-corrected chi connectivity index (χ3v) is 8.34. The molecule has 4 aromatic carbocycles. The number of aliphatic carboxylic acids is 1. The van der Waals surface area contributed by atoms with E-state index in [4.69, 9.17) is 9.47 Å². The number of hydrogen-bond acceptors (Lipinski definition) is 5. The summed E-state index contributed by atoms with van der Waals surface area (Å²) >= 11 is 0. The van der Waals surface area contributed by atoms with E-state index >= 15 is 0 Å². The number of para-hydroxylation sites is 2. The molecule has 0 aromatic heterocycles. The molecule has 6 nitrogen and oxygen atoms in total. The minimum Gasteiger partial charge on any atom is -0.494 e. The number of carboxylic acid groups (broad SMARTS) is 1. The quantitative estimate of drug-likeness (QED) is 0.121. The van der Waals surface area contributed by atoms with Crippen LogP contribution in [0.5, 0.6) is 11.5 Å². The van der Waals surface area contributed by atoms with Crippen molar-refractivity contribution in [3.8, 4) is 11.5 Å². The Morgan fingerprint density at radius 2 is 1.61 bits per heavy atom. The lowest BCUT2D eigenvalue weighted by molar-refractivity contribution is -0.138. The molecule has 0 saturated heterocycles. The van der Waals surface area contributed by atoms with Gasteiger partial charge in [-0.1, -0.05) is 78.7 Å². The Bertz CT molecular complexity index is 1440. The molecule has 230 valence electrons. The SMILES string of the molecule is Cc1ccc(N(CCCOc2ccc(CCC(Nc3ccccc3OCc3ccccc3)C(=O)O)cc2)CC2CCC2)cc1. The lowest BCUT2D eigenvalue weighted by Gasteiger charge is -2.34. The van der Waals surface area contributed by atoms with Crippen LogP contribution in [0.15, 0.2) is 103 Å². The van der Waals surface area contributed by atoms with E-state index in [1.54, 1.807) is 0 Å². The number of carboxylic acids is 1. The molecule has 1 aliphatic rings. The van der Waals surface area contributed by atoms with E-state index in [0.717, 1.165) is 42.3 Å². The van der Waals surface area contributed by atoms with Crippen LogP contribution >= 0.6 is 0 Å². The highest BCUT2D eigenvalue weighted by Crippen LogP contribution is 2.29. The summed E-state index contributed by atoms with van der Waals surface area (Å²) in [7, 11) is 0. The topological polar surface area (TPSA) is 71.0 Å². The van der Waals surface area contributed by atoms with Crippen molar-refractivity contribution in [2.24, 2.45) is 5.92 Å². The molecule has 1 fully saturated rings. The zero-order chi connectivity index (χ0) is 30.6. The Kier molecular flexibility index (Phi) is 11.2. The molecule has 0 spiro atoms. The predicted molar refractivity (Wildman–Crippen MR) is 178 cm³/mol. The van der Waals surface area contributed by atoms with Crippen molar-refractivity contribution in [1.82, 2.24) is 0 Å². The third-order valence-electron chi connectivity index (χ3n) is 8.34. The Morgan fingerprint density at radius 1 is 0.886 bits per heavy atom. The first-order valence-electron chi connectivity index (χ1n) is 15.8. The summed E-state index contributed by atoms with van der Waals surface area (Å²) in [4.78, 5) is 14.6. The number of rotatable bonds is 17. The first kappa shape index (κ1) is 31.0. The molecule has 1 atom stereocenters. The molecule has 0 bridgehead atoms. The Labute approximate surface area is 261 Å². The van der Waals surface area contributed by atoms with Crippen LogP contribution < -0.4 is 19.7 Å². The number of aryl methyl sites for hydroxylation is 2. The number of benzene rings is 4. The van der Waals surface area contributed by atoms with Crippen molar-refractivity contribution in [1.29, 1.82) is 0 Å². The van der Waals surface area contributed by atoms with Gasteiger partial charge in [-0.25, -0.2) is 4.79 Å². The summed E-state index contributed by atoms with van der Waals surface area (Å²) in [5.74, 6) is 1.39. The minimum atomic E-state index is -0.889. The molecule has 1 aliphatic carbocycles. The van der Waals surface area contributed by atoms with Gasteiger partial charge in [-0.05, 0) is 92.5 Å². The van der Waals surface area contributed by atoms with E-state index < -0.39 is 12.0 Å². The van der Waals surface area contributed by atoms with E-state index in [0.29, 0.717) is 37.5 Å². The molecule has 4 aromatic rings. The van der Waals surface area contributed by atoms with Gasteiger partial charge in [-0.3, -0.25) is 0 Å². The second-order valence-corrected chi connectivity index (χ2v) is 11.8. The maximum absolute atomic E-state index is 12.1. The second-order valence-electron chi connectivity index (χ2n) is 11.8. The van der Waals surface area contributed by atoms with Crippen LogP contribution in [0.2, 0.25) is 0 Å². The van der Waals surface area contributed by atoms with Gasteiger partial charge in [0.2, 0.25) is 0 Å². The zero-order valence-corrected chi connectivity index (χ0v) is 25.7. The fourth-order valence-electron chi connectivity index (χ4n) is 5.47. The largest absolute Gasteiger partial charge is 0.494 e. The van der Waals surface area contributed by atoms with Crippen LogP contribution in [0.4, 0.5) is 11.4 Å². The van der Waals surface area contributed by atoms with Gasteiger partial charge < -0.3 is 24.8 Å². The molecule has 6 heteroatoms. The standard InChI is InChI=1S/C38H44N2O4/c1-29-15-20-33(21-16-29)40(27-31-11-7-12-31)25-8-26-43-34-22-17-30(18-23-34)19-24-36(38(41)42)39-35-13-5-6-14-37(35)44-28-32-9-3-2-4-10-32/h2-6,9-10,13-18,20-23,31,36,39H,7-8,11-12,19,24-28H2,1H3,(H,41,42). The highest BCUT2D eigenvalue weighted by molar-refractivity contribution is 5.78. The fourth-order valence-corrected chi connectivity index (χ4v) is 5.47. The van der Waals surface area contributed by atoms with Crippen LogP contribution in [0, 0.1) is 12.8 Å². The van der Waals surface area contributed by atoms with Gasteiger partial charge in [0.25, 0.3) is 0 Å². The third kappa shape index (κ3) is 9.27. The highest BCUT2D eigenvalue weighted by Gasteiger charge is 2.21. The molecular weight excluding hydrogens is 548 g/mol. The summed E-state index contributed by atoms with van der Waals surface area (Å²) in [6.07, 6.45) is 6.06. The highest BCUT2D eigenvalue weighted by atomic mass is 16.5. The number of hydrogen-bond donors (Lipinski definition) is 2. The maximum Gasteiger partial charge on any atom is 0.326 e. The summed E-state index contributed by atoms with van der Waals surface area (Å²) < 4.78 is 12.1. The van der Waals surface area contributed by atoms with Gasteiger partial charge in [0.05, 0.1) is 12.3 Å². The van der Waals surface area contributed by atoms with Gasteiger partial charge in [-0.2, -0.15) is 0 Å². The summed E-state index contributed by atoms with van der Waals surface area (Å²) in [6.45, 7) is 5.29. The summed E-state index contributed by atoms with van der Waals surface area (Å²) in [5.41, 5.74) is 5.38. The Balaban J connectivity index is 1.08. The molecule has 0 amide bonds. The lowest BCUT2D eigenvalue weighted by atomic mass is 9.85. The average molecular weight is 593 g/mol. The van der Waals surface area contributed by atoms with Gasteiger partial charge >= 0.3 is 5.97 Å². The molecule has 0 aliphatic heterocycles. The lowest BCUT2D eigenvalue weighted by Crippen LogP contribution is -2.34. The summed E-state index contributed by atoms with van der Waals surface area (Å²) in [5, 5.41) is 13.1. The van der Waals surface area contributed by atoms with Crippen molar-refractivity contribution in [3.63, 3.8) is 0 Å². The van der Waals surface area contributed by atoms with Crippen LogP contribution in [-0.4, -0.2) is 36.8 Å². The van der Waals surface area contributed by atoms with Crippen molar-refractivity contribution >= 4 is 17.3 Å². The second kappa shape index (κ2) is 15.9. The van der Waals surface area contributed by atoms with Crippen LogP contribution in [-0.2, 0) is 17.8 Å². The van der Waals surface area contributed by atoms with Gasteiger partial charge in [0.1, 0.15) is 24.1 Å². The van der Waals surface area contributed by atoms with Crippen molar-refractivity contribution in [2.45, 2.75) is 58.1 Å². The molecule has 0 radical (unpaired) electrons. The number of nitrogens with one attached hydrogen (secondary N) is 1. The van der Waals surface area contributed by atoms with Crippen molar-refractivity contribution < 1.29 is 19.4 Å². The predicted octanol–water partition coefficient (Wildman–Crippen LogP) is 8.15. The molecule has 44 heavy (non-hydrogen) atoms. The zero-order valence-electron chi connectivity index (χ0n) is 25.7. The van der Waals surface area contributed by atoms with Crippen LogP contribution in [0.25, 0.3) is 0 Å². The van der Waals surface area contributed by atoms with E-state index in [2.05, 4.69) is 41.4 Å². The van der Waals surface area contributed by atoms with Crippen LogP contribution in [0.3, 0.4) is 0 Å². The molecule has 1 saturated carbocycles. The van der Waals surface area contributed by atoms with E-state index in [1.807, 2.05) is 78.9 Å². The van der Waals surface area contributed by atoms with E-state index in [9.17, 15) is 9.90 Å². The average Bonchev–Trinajstić information content (AvgIpc) is 3.02. The van der Waals surface area contributed by atoms with Gasteiger partial charge in [0.15, 0.2) is 0 Å². The van der Waals surface area contributed by atoms with Crippen molar-refractivity contribution in [3.05, 3.63) is 120 Å². The minimum absolute atomic E-state index is 0.414. The number of ether oxygens (including phenoxy) is 2. The Hall–Kier alpha value is -4.45. The van der Waals surface area contributed by atoms with Gasteiger partial charge in [0, 0.05) is 18.8 Å². The first-order chi connectivity index (χ1) is 21.5. The van der Waals surface area contributed by atoms with E-state index in [1.165, 1.54) is 30.5 Å². The van der Waals surface area contributed by atoms with Gasteiger partial charge in [-0.15, -0.1) is 0 Å². The van der Waals surface area contributed by atoms with E-state index in [-0.39, 0.29) is 0 Å². The fraction of sp³-hybridized carbons (Fsp3) is 0.342. The number of anilines is 2. The Morgan fingerprint density at radius 3 is 2.32 bits per heavy atom. The monoisotopic (exact) mass is 592 g/mol. The normalized spacial score (nSPS) is 13.5. The van der Waals surface area contributed by atoms with Crippen molar-refractivity contribution in [2.75, 3.05) is 29.9 Å². The molecular formula is C38H44N2O4. The number of carbonyl (C=O) groups is 1. The molecule has 1 unspecified atom stereocenters. The molecule has 0 heterocycles. The molecule has 2 N–H and O–H groups in total. The first-order valence-corrected chi connectivity index (χ1v) is 15.8. The summed E-state index contributed by atoms with van der Waals surface area (Å²) in [6, 6.07) is 33.5.